The van der Waals surface area contributed by atoms with E-state index in [1.807, 2.05) is 14.1 Å². The highest BCUT2D eigenvalue weighted by Crippen LogP contribution is 2.24. The zero-order chi connectivity index (χ0) is 13.0. The highest BCUT2D eigenvalue weighted by atomic mass is 14.9. The van der Waals surface area contributed by atoms with Crippen LogP contribution in [0.3, 0.4) is 0 Å². The molecular weight excluding hydrogens is 220 g/mol. The average Bonchev–Trinajstić information content (AvgIpc) is 2.42. The van der Waals surface area contributed by atoms with Gasteiger partial charge in [-0.25, -0.2) is 0 Å². The van der Waals surface area contributed by atoms with Gasteiger partial charge < -0.3 is 10.6 Å². The smallest absolute Gasteiger partial charge is 0.0575 e. The van der Waals surface area contributed by atoms with E-state index in [2.05, 4.69) is 66.1 Å². The molecule has 0 spiro atoms. The molecule has 0 bridgehead atoms. The average molecular weight is 240 g/mol. The first-order chi connectivity index (χ1) is 8.74. The molecule has 1 atom stereocenters. The molecule has 0 radical (unpaired) electrons. The topological polar surface area (TPSA) is 24.1 Å². The number of hydrogen-bond donors (Lipinski definition) is 2. The lowest BCUT2D eigenvalue weighted by Gasteiger charge is -2.18. The molecule has 0 fully saturated rings. The van der Waals surface area contributed by atoms with Gasteiger partial charge in [-0.05, 0) is 37.2 Å². The number of anilines is 1. The van der Waals surface area contributed by atoms with Crippen molar-refractivity contribution in [3.05, 3.63) is 65.2 Å². The van der Waals surface area contributed by atoms with Crippen LogP contribution in [0.25, 0.3) is 0 Å². The lowest BCUT2D eigenvalue weighted by atomic mass is 9.97. The summed E-state index contributed by atoms with van der Waals surface area (Å²) in [5, 5.41) is 6.56. The van der Waals surface area contributed by atoms with Crippen molar-refractivity contribution in [2.24, 2.45) is 0 Å². The number of rotatable bonds is 4. The lowest BCUT2D eigenvalue weighted by molar-refractivity contribution is 0.692. The largest absolute Gasteiger partial charge is 0.388 e. The zero-order valence-corrected chi connectivity index (χ0v) is 11.2. The van der Waals surface area contributed by atoms with Gasteiger partial charge in [0.1, 0.15) is 0 Å². The molecule has 0 aromatic heterocycles. The van der Waals surface area contributed by atoms with E-state index >= 15 is 0 Å². The minimum absolute atomic E-state index is 0.235. The number of benzene rings is 2. The van der Waals surface area contributed by atoms with Gasteiger partial charge in [0, 0.05) is 12.7 Å². The molecule has 0 heterocycles. The summed E-state index contributed by atoms with van der Waals surface area (Å²) >= 11 is 0. The summed E-state index contributed by atoms with van der Waals surface area (Å²) < 4.78 is 0. The first-order valence-electron chi connectivity index (χ1n) is 6.26. The van der Waals surface area contributed by atoms with Crippen molar-refractivity contribution in [3.8, 4) is 0 Å². The quantitative estimate of drug-likeness (QED) is 0.856. The predicted octanol–water partition coefficient (Wildman–Crippen LogP) is 3.35. The van der Waals surface area contributed by atoms with E-state index in [9.17, 15) is 0 Å². The summed E-state index contributed by atoms with van der Waals surface area (Å²) in [7, 11) is 3.94. The lowest BCUT2D eigenvalue weighted by Crippen LogP contribution is -2.17. The Hall–Kier alpha value is -1.80. The Kier molecular flexibility index (Phi) is 4.00. The van der Waals surface area contributed by atoms with Crippen molar-refractivity contribution in [2.45, 2.75) is 13.0 Å². The van der Waals surface area contributed by atoms with E-state index in [0.717, 1.165) is 5.69 Å². The minimum atomic E-state index is 0.235. The fourth-order valence-electron chi connectivity index (χ4n) is 2.16. The molecule has 2 N–H and O–H groups in total. The van der Waals surface area contributed by atoms with Gasteiger partial charge in [-0.2, -0.15) is 0 Å². The van der Waals surface area contributed by atoms with Crippen LogP contribution in [0.15, 0.2) is 48.5 Å². The first kappa shape index (κ1) is 12.7. The Morgan fingerprint density at radius 3 is 2.22 bits per heavy atom. The van der Waals surface area contributed by atoms with Gasteiger partial charge in [0.2, 0.25) is 0 Å². The maximum Gasteiger partial charge on any atom is 0.0575 e. The molecule has 0 aliphatic carbocycles. The van der Waals surface area contributed by atoms with Crippen LogP contribution in [-0.4, -0.2) is 14.1 Å². The molecule has 0 saturated heterocycles. The van der Waals surface area contributed by atoms with Crippen LogP contribution in [0.1, 0.15) is 22.7 Å². The second kappa shape index (κ2) is 5.69. The normalized spacial score (nSPS) is 12.2. The van der Waals surface area contributed by atoms with Gasteiger partial charge in [0.25, 0.3) is 0 Å². The Labute approximate surface area is 109 Å². The predicted molar refractivity (Wildman–Crippen MR) is 78.1 cm³/mol. The molecule has 0 saturated carbocycles. The van der Waals surface area contributed by atoms with Gasteiger partial charge in [-0.1, -0.05) is 42.0 Å². The number of nitrogens with one attached hydrogen (secondary N) is 2. The summed E-state index contributed by atoms with van der Waals surface area (Å²) in [4.78, 5) is 0. The zero-order valence-electron chi connectivity index (χ0n) is 11.2. The van der Waals surface area contributed by atoms with Crippen molar-refractivity contribution in [1.82, 2.24) is 5.32 Å². The number of hydrogen-bond acceptors (Lipinski definition) is 2. The summed E-state index contributed by atoms with van der Waals surface area (Å²) in [6, 6.07) is 17.4. The summed E-state index contributed by atoms with van der Waals surface area (Å²) in [6.07, 6.45) is 0. The first-order valence-corrected chi connectivity index (χ1v) is 6.26. The fourth-order valence-corrected chi connectivity index (χ4v) is 2.16. The van der Waals surface area contributed by atoms with Crippen LogP contribution in [-0.2, 0) is 0 Å². The van der Waals surface area contributed by atoms with Gasteiger partial charge in [-0.3, -0.25) is 0 Å². The molecule has 0 amide bonds. The van der Waals surface area contributed by atoms with Crippen LogP contribution in [0, 0.1) is 6.92 Å². The molecule has 1 unspecified atom stereocenters. The Balaban J connectivity index is 2.35. The Morgan fingerprint density at radius 2 is 1.61 bits per heavy atom. The van der Waals surface area contributed by atoms with E-state index in [4.69, 9.17) is 0 Å². The third-order valence-electron chi connectivity index (χ3n) is 3.21. The van der Waals surface area contributed by atoms with Crippen molar-refractivity contribution in [3.63, 3.8) is 0 Å². The van der Waals surface area contributed by atoms with Gasteiger partial charge >= 0.3 is 0 Å². The van der Waals surface area contributed by atoms with E-state index in [1.54, 1.807) is 0 Å². The fraction of sp³-hybridized carbons (Fsp3) is 0.250. The summed E-state index contributed by atoms with van der Waals surface area (Å²) in [6.45, 7) is 2.11. The van der Waals surface area contributed by atoms with Gasteiger partial charge in [0.05, 0.1) is 6.04 Å². The molecule has 18 heavy (non-hydrogen) atoms. The van der Waals surface area contributed by atoms with Crippen LogP contribution < -0.4 is 10.6 Å². The van der Waals surface area contributed by atoms with Crippen molar-refractivity contribution < 1.29 is 0 Å². The molecule has 2 heteroatoms. The third kappa shape index (κ3) is 2.71. The molecule has 0 aliphatic heterocycles. The van der Waals surface area contributed by atoms with Crippen LogP contribution in [0.5, 0.6) is 0 Å². The molecule has 2 aromatic rings. The third-order valence-corrected chi connectivity index (χ3v) is 3.21. The van der Waals surface area contributed by atoms with Crippen molar-refractivity contribution >= 4 is 5.69 Å². The SMILES string of the molecule is CNc1cccc(C(NC)c2ccc(C)cc2)c1. The Bertz CT molecular complexity index is 503. The van der Waals surface area contributed by atoms with Crippen molar-refractivity contribution in [1.29, 1.82) is 0 Å². The van der Waals surface area contributed by atoms with Gasteiger partial charge in [0.15, 0.2) is 0 Å². The molecule has 2 nitrogen and oxygen atoms in total. The van der Waals surface area contributed by atoms with E-state index in [-0.39, 0.29) is 6.04 Å². The Morgan fingerprint density at radius 1 is 0.889 bits per heavy atom. The van der Waals surface area contributed by atoms with Crippen LogP contribution in [0.4, 0.5) is 5.69 Å². The maximum absolute atomic E-state index is 3.38. The maximum atomic E-state index is 3.38. The molecule has 94 valence electrons. The highest BCUT2D eigenvalue weighted by molar-refractivity contribution is 5.47. The van der Waals surface area contributed by atoms with E-state index < -0.39 is 0 Å². The van der Waals surface area contributed by atoms with E-state index in [0.29, 0.717) is 0 Å². The van der Waals surface area contributed by atoms with Crippen LogP contribution >= 0.6 is 0 Å². The monoisotopic (exact) mass is 240 g/mol. The van der Waals surface area contributed by atoms with Crippen LogP contribution in [0.2, 0.25) is 0 Å². The molecule has 0 aliphatic rings. The summed E-state index contributed by atoms with van der Waals surface area (Å²) in [5.74, 6) is 0. The van der Waals surface area contributed by atoms with Crippen molar-refractivity contribution in [2.75, 3.05) is 19.4 Å². The molecule has 2 aromatic carbocycles. The highest BCUT2D eigenvalue weighted by Gasteiger charge is 2.11. The van der Waals surface area contributed by atoms with Gasteiger partial charge in [-0.15, -0.1) is 0 Å². The van der Waals surface area contributed by atoms with E-state index in [1.165, 1.54) is 16.7 Å². The standard InChI is InChI=1S/C16H20N2/c1-12-7-9-13(10-8-12)16(18-3)14-5-4-6-15(11-14)17-2/h4-11,16-18H,1-3H3. The number of aryl methyl sites for hydroxylation is 1. The molecule has 2 rings (SSSR count). The second-order valence-electron chi connectivity index (χ2n) is 4.51. The minimum Gasteiger partial charge on any atom is -0.388 e. The molecular formula is C16H20N2. The summed E-state index contributed by atoms with van der Waals surface area (Å²) in [5.41, 5.74) is 4.99. The second-order valence-corrected chi connectivity index (χ2v) is 4.51.